The predicted octanol–water partition coefficient (Wildman–Crippen LogP) is 2.59. The molecule has 154 valence electrons. The first-order valence-corrected chi connectivity index (χ1v) is 9.21. The van der Waals surface area contributed by atoms with Crippen molar-refractivity contribution in [2.45, 2.75) is 45.0 Å². The van der Waals surface area contributed by atoms with Gasteiger partial charge in [0.15, 0.2) is 5.16 Å². The van der Waals surface area contributed by atoms with E-state index in [2.05, 4.69) is 16.0 Å². The summed E-state index contributed by atoms with van der Waals surface area (Å²) in [6, 6.07) is 3.56. The van der Waals surface area contributed by atoms with Gasteiger partial charge in [0.1, 0.15) is 5.25 Å². The summed E-state index contributed by atoms with van der Waals surface area (Å²) in [6.45, 7) is 7.68. The van der Waals surface area contributed by atoms with Crippen molar-refractivity contribution < 1.29 is 28.5 Å². The Morgan fingerprint density at radius 1 is 1.11 bits per heavy atom. The molecule has 0 aliphatic rings. The van der Waals surface area contributed by atoms with Gasteiger partial charge in [-0.15, -0.1) is 0 Å². The lowest BCUT2D eigenvalue weighted by Gasteiger charge is -2.25. The zero-order valence-corrected chi connectivity index (χ0v) is 17.9. The summed E-state index contributed by atoms with van der Waals surface area (Å²) in [5.74, 6) is -0.751. The van der Waals surface area contributed by atoms with E-state index in [0.717, 1.165) is 11.8 Å². The summed E-state index contributed by atoms with van der Waals surface area (Å²) in [5.41, 5.74) is -1.84. The fourth-order valence-electron chi connectivity index (χ4n) is 1.73. The van der Waals surface area contributed by atoms with Gasteiger partial charge in [-0.25, -0.2) is 0 Å². The second-order valence-electron chi connectivity index (χ2n) is 7.33. The average Bonchev–Trinajstić information content (AvgIpc) is 2.64. The highest BCUT2D eigenvalue weighted by Gasteiger charge is 2.39. The summed E-state index contributed by atoms with van der Waals surface area (Å²) in [7, 11) is 2.87. The monoisotopic (exact) mass is 411 g/mol. The topological polar surface area (TPSA) is 121 Å². The van der Waals surface area contributed by atoms with Crippen molar-refractivity contribution in [1.29, 1.82) is 5.26 Å². The lowest BCUT2D eigenvalue weighted by atomic mass is 9.91. The third-order valence-corrected chi connectivity index (χ3v) is 4.87. The Labute approximate surface area is 168 Å². The van der Waals surface area contributed by atoms with E-state index < -0.39 is 34.8 Å². The number of esters is 2. The van der Waals surface area contributed by atoms with E-state index in [9.17, 15) is 14.9 Å². The van der Waals surface area contributed by atoms with Crippen LogP contribution in [-0.4, -0.2) is 48.2 Å². The molecule has 1 atom stereocenters. The van der Waals surface area contributed by atoms with E-state index >= 15 is 0 Å². The molecule has 1 aromatic heterocycles. The molecule has 0 fully saturated rings. The van der Waals surface area contributed by atoms with Gasteiger partial charge in [0.2, 0.25) is 18.6 Å². The van der Waals surface area contributed by atoms with Crippen molar-refractivity contribution in [3.8, 4) is 17.8 Å². The van der Waals surface area contributed by atoms with Crippen LogP contribution in [0, 0.1) is 22.2 Å². The average molecular weight is 411 g/mol. The number of methoxy groups -OCH3 is 2. The van der Waals surface area contributed by atoms with Gasteiger partial charge < -0.3 is 18.9 Å². The molecule has 1 rings (SSSR count). The standard InChI is InChI=1S/C18H25N3O6S/c1-17(2,3)15(23)27-10-26-14(22)13(18(4,5)9-19)28-16-20-11(24-6)8-12(21-16)25-7/h8,13H,10H2,1-7H3. The maximum Gasteiger partial charge on any atom is 0.324 e. The van der Waals surface area contributed by atoms with Crippen LogP contribution in [0.2, 0.25) is 0 Å². The van der Waals surface area contributed by atoms with Crippen molar-refractivity contribution in [3.63, 3.8) is 0 Å². The molecule has 0 saturated heterocycles. The van der Waals surface area contributed by atoms with E-state index in [4.69, 9.17) is 18.9 Å². The van der Waals surface area contributed by atoms with Crippen molar-refractivity contribution in [2.24, 2.45) is 10.8 Å². The number of rotatable bonds is 8. The largest absolute Gasteiger partial charge is 0.481 e. The predicted molar refractivity (Wildman–Crippen MR) is 101 cm³/mol. The zero-order valence-electron chi connectivity index (χ0n) is 17.1. The molecular formula is C18H25N3O6S. The van der Waals surface area contributed by atoms with Crippen molar-refractivity contribution in [2.75, 3.05) is 21.0 Å². The van der Waals surface area contributed by atoms with Gasteiger partial charge in [0.05, 0.1) is 37.2 Å². The highest BCUT2D eigenvalue weighted by molar-refractivity contribution is 8.00. The van der Waals surface area contributed by atoms with Gasteiger partial charge in [-0.2, -0.15) is 15.2 Å². The number of carbonyl (C=O) groups excluding carboxylic acids is 2. The maximum atomic E-state index is 12.6. The van der Waals surface area contributed by atoms with Crippen LogP contribution in [-0.2, 0) is 19.1 Å². The Morgan fingerprint density at radius 3 is 2.07 bits per heavy atom. The molecule has 0 aliphatic carbocycles. The molecule has 0 aliphatic heterocycles. The number of ether oxygens (including phenoxy) is 4. The Bertz CT molecular complexity index is 732. The van der Waals surface area contributed by atoms with E-state index in [1.54, 1.807) is 34.6 Å². The molecule has 0 bridgehead atoms. The summed E-state index contributed by atoms with van der Waals surface area (Å²) in [5, 5.41) is 8.66. The van der Waals surface area contributed by atoms with Crippen LogP contribution < -0.4 is 9.47 Å². The van der Waals surface area contributed by atoms with Gasteiger partial charge in [-0.05, 0) is 34.6 Å². The lowest BCUT2D eigenvalue weighted by Crippen LogP contribution is -2.35. The number of nitrogens with zero attached hydrogens (tertiary/aromatic N) is 3. The summed E-state index contributed by atoms with van der Waals surface area (Å²) in [6.07, 6.45) is 0. The van der Waals surface area contributed by atoms with Gasteiger partial charge in [0.25, 0.3) is 0 Å². The number of aromatic nitrogens is 2. The van der Waals surface area contributed by atoms with Gasteiger partial charge in [-0.1, -0.05) is 11.8 Å². The molecule has 1 heterocycles. The highest BCUT2D eigenvalue weighted by Crippen LogP contribution is 2.36. The Kier molecular flexibility index (Phi) is 8.05. The molecule has 0 N–H and O–H groups in total. The van der Waals surface area contributed by atoms with Crippen LogP contribution in [0.25, 0.3) is 0 Å². The second kappa shape index (κ2) is 9.59. The van der Waals surface area contributed by atoms with Crippen LogP contribution in [0.5, 0.6) is 11.8 Å². The number of thioether (sulfide) groups is 1. The minimum absolute atomic E-state index is 0.174. The van der Waals surface area contributed by atoms with E-state index in [-0.39, 0.29) is 16.9 Å². The third kappa shape index (κ3) is 6.56. The van der Waals surface area contributed by atoms with Gasteiger partial charge >= 0.3 is 11.9 Å². The second-order valence-corrected chi connectivity index (χ2v) is 8.40. The lowest BCUT2D eigenvalue weighted by molar-refractivity contribution is -0.173. The first-order chi connectivity index (χ1) is 12.9. The van der Waals surface area contributed by atoms with Crippen LogP contribution in [0.4, 0.5) is 0 Å². The maximum absolute atomic E-state index is 12.6. The molecule has 0 radical (unpaired) electrons. The number of carbonyl (C=O) groups is 2. The third-order valence-electron chi connectivity index (χ3n) is 3.46. The number of nitriles is 1. The Hall–Kier alpha value is -2.54. The smallest absolute Gasteiger partial charge is 0.324 e. The Morgan fingerprint density at radius 2 is 1.64 bits per heavy atom. The summed E-state index contributed by atoms with van der Waals surface area (Å²) >= 11 is 0.932. The van der Waals surface area contributed by atoms with Gasteiger partial charge in [0, 0.05) is 0 Å². The number of hydrogen-bond acceptors (Lipinski definition) is 10. The number of hydrogen-bond donors (Lipinski definition) is 0. The minimum Gasteiger partial charge on any atom is -0.481 e. The highest BCUT2D eigenvalue weighted by atomic mass is 32.2. The molecule has 1 unspecified atom stereocenters. The summed E-state index contributed by atoms with van der Waals surface area (Å²) < 4.78 is 20.2. The van der Waals surface area contributed by atoms with E-state index in [1.165, 1.54) is 20.3 Å². The summed E-state index contributed by atoms with van der Waals surface area (Å²) in [4.78, 5) is 32.7. The molecule has 0 saturated carbocycles. The molecule has 28 heavy (non-hydrogen) atoms. The molecule has 1 aromatic rings. The molecular weight excluding hydrogens is 386 g/mol. The van der Waals surface area contributed by atoms with Crippen LogP contribution in [0.15, 0.2) is 11.2 Å². The SMILES string of the molecule is COc1cc(OC)nc(SC(C(=O)OCOC(=O)C(C)(C)C)C(C)(C)C#N)n1. The molecule has 0 amide bonds. The van der Waals surface area contributed by atoms with Crippen molar-refractivity contribution in [3.05, 3.63) is 6.07 Å². The van der Waals surface area contributed by atoms with E-state index in [1.807, 2.05) is 0 Å². The van der Waals surface area contributed by atoms with E-state index in [0.29, 0.717) is 0 Å². The van der Waals surface area contributed by atoms with Crippen LogP contribution in [0.3, 0.4) is 0 Å². The van der Waals surface area contributed by atoms with Crippen molar-refractivity contribution in [1.82, 2.24) is 9.97 Å². The van der Waals surface area contributed by atoms with Crippen LogP contribution in [0.1, 0.15) is 34.6 Å². The normalized spacial score (nSPS) is 12.5. The fourth-order valence-corrected chi connectivity index (χ4v) is 2.74. The van der Waals surface area contributed by atoms with Gasteiger partial charge in [-0.3, -0.25) is 9.59 Å². The van der Waals surface area contributed by atoms with Crippen molar-refractivity contribution >= 4 is 23.7 Å². The molecule has 9 nitrogen and oxygen atoms in total. The zero-order chi connectivity index (χ0) is 21.5. The fraction of sp³-hybridized carbons (Fsp3) is 0.611. The van der Waals surface area contributed by atoms with Crippen LogP contribution >= 0.6 is 11.8 Å². The minimum atomic E-state index is -1.12. The Balaban J connectivity index is 2.97. The first kappa shape index (κ1) is 23.5. The molecule has 0 aromatic carbocycles. The molecule has 0 spiro atoms. The molecule has 10 heteroatoms. The quantitative estimate of drug-likeness (QED) is 0.273. The first-order valence-electron chi connectivity index (χ1n) is 8.33.